The van der Waals surface area contributed by atoms with E-state index < -0.39 is 11.9 Å². The molecule has 0 aromatic heterocycles. The number of carboxylic acid groups (broad SMARTS) is 2. The molecule has 118 valence electrons. The Balaban J connectivity index is 0.000000433. The molecule has 0 fully saturated rings. The Morgan fingerprint density at radius 3 is 2.19 bits per heavy atom. The highest BCUT2D eigenvalue weighted by Gasteiger charge is 2.22. The van der Waals surface area contributed by atoms with Crippen LogP contribution in [0.4, 0.5) is 0 Å². The summed E-state index contributed by atoms with van der Waals surface area (Å²) in [6.45, 7) is 0.840. The molecule has 0 saturated heterocycles. The average Bonchev–Trinajstić information content (AvgIpc) is 2.39. The monoisotopic (exact) mass is 299 g/mol. The molecule has 0 aliphatic heterocycles. The van der Waals surface area contributed by atoms with Gasteiger partial charge in [0, 0.05) is 37.1 Å². The Bertz CT molecular complexity index is 423. The Labute approximate surface area is 123 Å². The molecule has 0 saturated carbocycles. The van der Waals surface area contributed by atoms with Crippen LogP contribution >= 0.6 is 0 Å². The molecule has 7 nitrogen and oxygen atoms in total. The number of hydrogen-bond donors (Lipinski definition) is 2. The van der Waals surface area contributed by atoms with Crippen molar-refractivity contribution in [3.05, 3.63) is 24.0 Å². The Morgan fingerprint density at radius 2 is 1.86 bits per heavy atom. The van der Waals surface area contributed by atoms with Gasteiger partial charge < -0.3 is 19.8 Å². The van der Waals surface area contributed by atoms with Crippen LogP contribution in [0.15, 0.2) is 24.0 Å². The predicted octanol–water partition coefficient (Wildman–Crippen LogP) is 0.769. The van der Waals surface area contributed by atoms with E-state index in [1.54, 1.807) is 13.2 Å². The molecule has 2 N–H and O–H groups in total. The number of ether oxygens (including phenoxy) is 1. The summed E-state index contributed by atoms with van der Waals surface area (Å²) in [5.74, 6) is -1.33. The van der Waals surface area contributed by atoms with Crippen LogP contribution in [-0.2, 0) is 19.1 Å². The lowest BCUT2D eigenvalue weighted by atomic mass is 9.92. The van der Waals surface area contributed by atoms with Crippen LogP contribution in [0.2, 0.25) is 0 Å². The average molecular weight is 299 g/mol. The second kappa shape index (κ2) is 9.71. The summed E-state index contributed by atoms with van der Waals surface area (Å²) < 4.78 is 5.04. The van der Waals surface area contributed by atoms with E-state index in [-0.39, 0.29) is 11.7 Å². The van der Waals surface area contributed by atoms with Crippen LogP contribution < -0.4 is 0 Å². The van der Waals surface area contributed by atoms with Crippen LogP contribution in [0.25, 0.3) is 0 Å². The van der Waals surface area contributed by atoms with Crippen molar-refractivity contribution >= 4 is 17.7 Å². The molecular weight excluding hydrogens is 278 g/mol. The molecule has 0 amide bonds. The first-order chi connectivity index (χ1) is 9.76. The number of nitrogens with zero attached hydrogens (tertiary/aromatic N) is 1. The minimum Gasteiger partial charge on any atom is -0.501 e. The van der Waals surface area contributed by atoms with Gasteiger partial charge in [0.15, 0.2) is 5.78 Å². The summed E-state index contributed by atoms with van der Waals surface area (Å²) >= 11 is 0. The van der Waals surface area contributed by atoms with Crippen molar-refractivity contribution in [1.82, 2.24) is 4.90 Å². The van der Waals surface area contributed by atoms with Crippen LogP contribution in [0.5, 0.6) is 0 Å². The molecule has 0 radical (unpaired) electrons. The molecule has 1 rings (SSSR count). The Kier molecular flexibility index (Phi) is 8.71. The molecule has 1 aliphatic carbocycles. The highest BCUT2D eigenvalue weighted by molar-refractivity contribution is 5.93. The third kappa shape index (κ3) is 9.39. The minimum absolute atomic E-state index is 0.161. The van der Waals surface area contributed by atoms with Crippen molar-refractivity contribution in [2.24, 2.45) is 5.92 Å². The van der Waals surface area contributed by atoms with Gasteiger partial charge in [0.25, 0.3) is 0 Å². The number of aliphatic carboxylic acids is 2. The fraction of sp³-hybridized carbons (Fsp3) is 0.500. The lowest BCUT2D eigenvalue weighted by Crippen LogP contribution is -2.29. The molecule has 1 aliphatic rings. The molecule has 0 aromatic carbocycles. The maximum atomic E-state index is 11.5. The standard InChI is InChI=1S/C10H17NO2.C4H4O4/c1-11(2)7-8-4-5-9(13-3)6-10(8)12;5-3(6)1-2-4(7)8/h6,8H,4-5,7H2,1-3H3;1-2H,(H,5,6)(H,7,8)/b;2-1-. The van der Waals surface area contributed by atoms with E-state index >= 15 is 0 Å². The molecule has 21 heavy (non-hydrogen) atoms. The maximum absolute atomic E-state index is 11.5. The fourth-order valence-corrected chi connectivity index (χ4v) is 1.73. The molecular formula is C14H21NO6. The summed E-state index contributed by atoms with van der Waals surface area (Å²) in [6.07, 6.45) is 4.56. The topological polar surface area (TPSA) is 104 Å². The first-order valence-electron chi connectivity index (χ1n) is 6.33. The van der Waals surface area contributed by atoms with Crippen molar-refractivity contribution in [1.29, 1.82) is 0 Å². The van der Waals surface area contributed by atoms with Gasteiger partial charge in [0.05, 0.1) is 12.9 Å². The highest BCUT2D eigenvalue weighted by atomic mass is 16.5. The van der Waals surface area contributed by atoms with Gasteiger partial charge in [-0.3, -0.25) is 4.79 Å². The van der Waals surface area contributed by atoms with Crippen LogP contribution in [-0.4, -0.2) is 60.6 Å². The molecule has 1 atom stereocenters. The van der Waals surface area contributed by atoms with Gasteiger partial charge in [-0.15, -0.1) is 0 Å². The summed E-state index contributed by atoms with van der Waals surface area (Å²) in [5.41, 5.74) is 0. The van der Waals surface area contributed by atoms with Crippen molar-refractivity contribution < 1.29 is 29.3 Å². The van der Waals surface area contributed by atoms with Crippen LogP contribution in [0.3, 0.4) is 0 Å². The van der Waals surface area contributed by atoms with E-state index in [0.717, 1.165) is 25.1 Å². The molecule has 0 spiro atoms. The zero-order valence-electron chi connectivity index (χ0n) is 12.4. The van der Waals surface area contributed by atoms with Gasteiger partial charge in [-0.05, 0) is 20.5 Å². The number of methoxy groups -OCH3 is 1. The third-order valence-electron chi connectivity index (χ3n) is 2.66. The van der Waals surface area contributed by atoms with Crippen LogP contribution in [0, 0.1) is 5.92 Å². The predicted molar refractivity (Wildman–Crippen MR) is 75.8 cm³/mol. The summed E-state index contributed by atoms with van der Waals surface area (Å²) in [6, 6.07) is 0. The summed E-state index contributed by atoms with van der Waals surface area (Å²) in [5, 5.41) is 15.6. The van der Waals surface area contributed by atoms with E-state index in [1.165, 1.54) is 0 Å². The molecule has 0 bridgehead atoms. The van der Waals surface area contributed by atoms with Crippen molar-refractivity contribution in [2.45, 2.75) is 12.8 Å². The zero-order valence-corrected chi connectivity index (χ0v) is 12.4. The van der Waals surface area contributed by atoms with Gasteiger partial charge in [-0.1, -0.05) is 0 Å². The largest absolute Gasteiger partial charge is 0.501 e. The number of carbonyl (C=O) groups is 3. The summed E-state index contributed by atoms with van der Waals surface area (Å²) in [7, 11) is 5.59. The number of allylic oxidation sites excluding steroid dienone is 2. The zero-order chi connectivity index (χ0) is 16.4. The van der Waals surface area contributed by atoms with Gasteiger partial charge in [0.2, 0.25) is 0 Å². The first kappa shape index (κ1) is 18.9. The second-order valence-electron chi connectivity index (χ2n) is 4.72. The van der Waals surface area contributed by atoms with Crippen molar-refractivity contribution in [2.75, 3.05) is 27.7 Å². The smallest absolute Gasteiger partial charge is 0.328 e. The fourth-order valence-electron chi connectivity index (χ4n) is 1.73. The van der Waals surface area contributed by atoms with Gasteiger partial charge >= 0.3 is 11.9 Å². The Morgan fingerprint density at radius 1 is 1.33 bits per heavy atom. The minimum atomic E-state index is -1.26. The highest BCUT2D eigenvalue weighted by Crippen LogP contribution is 2.21. The number of ketones is 1. The quantitative estimate of drug-likeness (QED) is 0.722. The lowest BCUT2D eigenvalue weighted by Gasteiger charge is -2.22. The van der Waals surface area contributed by atoms with Gasteiger partial charge in [-0.25, -0.2) is 9.59 Å². The Hall–Kier alpha value is -2.15. The van der Waals surface area contributed by atoms with E-state index in [9.17, 15) is 14.4 Å². The number of carbonyl (C=O) groups excluding carboxylic acids is 1. The number of carboxylic acids is 2. The molecule has 0 aromatic rings. The van der Waals surface area contributed by atoms with E-state index in [4.69, 9.17) is 14.9 Å². The van der Waals surface area contributed by atoms with E-state index in [0.29, 0.717) is 12.2 Å². The van der Waals surface area contributed by atoms with Crippen LogP contribution in [0.1, 0.15) is 12.8 Å². The SMILES string of the molecule is COC1=CC(=O)C(CN(C)C)CC1.O=C(O)/C=C\C(=O)O. The number of rotatable bonds is 5. The van der Waals surface area contributed by atoms with Gasteiger partial charge in [-0.2, -0.15) is 0 Å². The van der Waals surface area contributed by atoms with E-state index in [2.05, 4.69) is 0 Å². The number of hydrogen-bond acceptors (Lipinski definition) is 5. The molecule has 0 heterocycles. The maximum Gasteiger partial charge on any atom is 0.328 e. The normalized spacial score (nSPS) is 18.0. The second-order valence-corrected chi connectivity index (χ2v) is 4.72. The lowest BCUT2D eigenvalue weighted by molar-refractivity contribution is -0.134. The van der Waals surface area contributed by atoms with Gasteiger partial charge in [0.1, 0.15) is 0 Å². The summed E-state index contributed by atoms with van der Waals surface area (Å²) in [4.78, 5) is 32.7. The van der Waals surface area contributed by atoms with E-state index in [1.807, 2.05) is 19.0 Å². The van der Waals surface area contributed by atoms with Crippen molar-refractivity contribution in [3.8, 4) is 0 Å². The molecule has 1 unspecified atom stereocenters. The third-order valence-corrected chi connectivity index (χ3v) is 2.66. The van der Waals surface area contributed by atoms with Crippen molar-refractivity contribution in [3.63, 3.8) is 0 Å². The molecule has 7 heteroatoms. The first-order valence-corrected chi connectivity index (χ1v) is 6.33.